The molecule has 6 aliphatic rings. The fraction of sp³-hybridized carbons (Fsp3) is 0.579. The molecule has 2 spiro atoms. The zero-order chi connectivity index (χ0) is 27.9. The third-order valence-electron chi connectivity index (χ3n) is 12.7. The van der Waals surface area contributed by atoms with Crippen molar-refractivity contribution in [3.05, 3.63) is 59.2 Å². The summed E-state index contributed by atoms with van der Waals surface area (Å²) in [5, 5.41) is 14.2. The highest BCUT2D eigenvalue weighted by Crippen LogP contribution is 2.81. The van der Waals surface area contributed by atoms with Gasteiger partial charge in [-0.2, -0.15) is 0 Å². The fourth-order valence-electron chi connectivity index (χ4n) is 12.0. The minimum Gasteiger partial charge on any atom is -0.507 e. The van der Waals surface area contributed by atoms with Gasteiger partial charge in [0.25, 0.3) is 0 Å². The average molecular weight is 548 g/mol. The van der Waals surface area contributed by atoms with E-state index in [2.05, 4.69) is 75.1 Å². The molecular weight excluding hydrogens is 502 g/mol. The van der Waals surface area contributed by atoms with Crippen LogP contribution in [0, 0.1) is 28.1 Å². The molecule has 0 bridgehead atoms. The highest BCUT2D eigenvalue weighted by molar-refractivity contribution is 6.07. The van der Waals surface area contributed by atoms with Gasteiger partial charge in [-0.15, -0.1) is 0 Å². The van der Waals surface area contributed by atoms with Gasteiger partial charge in [-0.25, -0.2) is 0 Å². The molecule has 3 aromatic carbocycles. The summed E-state index contributed by atoms with van der Waals surface area (Å²) in [7, 11) is 0. The molecule has 3 heteroatoms. The van der Waals surface area contributed by atoms with Crippen molar-refractivity contribution in [2.45, 2.75) is 84.0 Å². The van der Waals surface area contributed by atoms with Crippen molar-refractivity contribution in [3.63, 3.8) is 0 Å². The fourth-order valence-corrected chi connectivity index (χ4v) is 12.0. The number of hydrogen-bond donors (Lipinski definition) is 1. The van der Waals surface area contributed by atoms with Crippen LogP contribution < -0.4 is 4.90 Å². The molecule has 1 aliphatic heterocycles. The maximum atomic E-state index is 11.9. The Bertz CT molecular complexity index is 1590. The average Bonchev–Trinajstić information content (AvgIpc) is 3.56. The second-order valence-corrected chi connectivity index (χ2v) is 16.4. The first-order valence-corrected chi connectivity index (χ1v) is 16.4. The van der Waals surface area contributed by atoms with E-state index in [1.165, 1.54) is 71.0 Å². The van der Waals surface area contributed by atoms with Gasteiger partial charge in [-0.05, 0) is 130 Å². The topological polar surface area (TPSA) is 32.7 Å². The number of rotatable bonds is 2. The second-order valence-electron chi connectivity index (χ2n) is 16.4. The summed E-state index contributed by atoms with van der Waals surface area (Å²) < 4.78 is 5.82. The minimum absolute atomic E-state index is 0.0636. The molecule has 4 unspecified atom stereocenters. The third-order valence-corrected chi connectivity index (χ3v) is 12.7. The molecular formula is C38H45NO2. The minimum atomic E-state index is -0.0636. The maximum Gasteiger partial charge on any atom is 0.123 e. The van der Waals surface area contributed by atoms with E-state index >= 15 is 0 Å². The van der Waals surface area contributed by atoms with Gasteiger partial charge in [0.1, 0.15) is 5.75 Å². The van der Waals surface area contributed by atoms with Crippen LogP contribution in [0.5, 0.6) is 5.75 Å². The van der Waals surface area contributed by atoms with Gasteiger partial charge >= 0.3 is 0 Å². The molecule has 214 valence electrons. The van der Waals surface area contributed by atoms with E-state index < -0.39 is 0 Å². The molecule has 5 fully saturated rings. The van der Waals surface area contributed by atoms with Gasteiger partial charge in [0, 0.05) is 29.6 Å². The molecule has 5 aliphatic carbocycles. The van der Waals surface area contributed by atoms with Crippen molar-refractivity contribution in [1.82, 2.24) is 0 Å². The van der Waals surface area contributed by atoms with Crippen molar-refractivity contribution < 1.29 is 9.84 Å². The molecule has 0 radical (unpaired) electrons. The molecule has 0 aromatic heterocycles. The Balaban J connectivity index is 1.30. The van der Waals surface area contributed by atoms with Gasteiger partial charge in [-0.1, -0.05) is 52.0 Å². The highest BCUT2D eigenvalue weighted by Gasteiger charge is 2.72. The zero-order valence-electron chi connectivity index (χ0n) is 25.4. The highest BCUT2D eigenvalue weighted by atomic mass is 16.5. The summed E-state index contributed by atoms with van der Waals surface area (Å²) >= 11 is 0. The summed E-state index contributed by atoms with van der Waals surface area (Å²) in [6.07, 6.45) is 9.12. The van der Waals surface area contributed by atoms with Gasteiger partial charge in [0.2, 0.25) is 0 Å². The molecule has 41 heavy (non-hydrogen) atoms. The Morgan fingerprint density at radius 1 is 0.829 bits per heavy atom. The summed E-state index contributed by atoms with van der Waals surface area (Å²) in [6, 6.07) is 16.4. The number of hydrogen-bond acceptors (Lipinski definition) is 3. The number of aromatic hydroxyl groups is 1. The summed E-state index contributed by atoms with van der Waals surface area (Å²) in [6.45, 7) is 13.3. The lowest BCUT2D eigenvalue weighted by molar-refractivity contribution is 0.0645. The Morgan fingerprint density at radius 3 is 2.29 bits per heavy atom. The van der Waals surface area contributed by atoms with Gasteiger partial charge < -0.3 is 14.7 Å². The maximum absolute atomic E-state index is 11.9. The predicted molar refractivity (Wildman–Crippen MR) is 167 cm³/mol. The van der Waals surface area contributed by atoms with Crippen molar-refractivity contribution in [2.24, 2.45) is 28.1 Å². The number of benzene rings is 3. The summed E-state index contributed by atoms with van der Waals surface area (Å²) in [5.74, 6) is 3.00. The Labute approximate surface area is 245 Å². The molecule has 3 aromatic rings. The molecule has 0 amide bonds. The van der Waals surface area contributed by atoms with Crippen molar-refractivity contribution in [3.8, 4) is 16.9 Å². The Morgan fingerprint density at radius 2 is 1.56 bits per heavy atom. The first kappa shape index (κ1) is 25.0. The van der Waals surface area contributed by atoms with Crippen molar-refractivity contribution in [1.29, 1.82) is 0 Å². The van der Waals surface area contributed by atoms with Crippen molar-refractivity contribution >= 4 is 16.5 Å². The molecule has 4 atom stereocenters. The van der Waals surface area contributed by atoms with Crippen LogP contribution in [0.4, 0.5) is 5.69 Å². The molecule has 9 rings (SSSR count). The standard InChI is InChI=1S/C38H45NO2/c1-35(2)20-36(3,4)22-37(21-35)29-8-6-5-7-25(29)34-27-17-32(39-11-13-41-14-12-39)28(16-26(27)33(40)18-31(34)37)30-15-23-9-10-24-19-38(23,24)30/h5-8,16-18,23-24,30,40H,9-15,19-22H2,1-4H3. The second kappa shape index (κ2) is 7.90. The number of fused-ring (bicyclic) bond motifs is 7. The van der Waals surface area contributed by atoms with Crippen molar-refractivity contribution in [2.75, 3.05) is 31.2 Å². The lowest BCUT2D eigenvalue weighted by atomic mass is 9.52. The lowest BCUT2D eigenvalue weighted by Crippen LogP contribution is -2.43. The van der Waals surface area contributed by atoms with E-state index in [0.717, 1.165) is 56.4 Å². The van der Waals surface area contributed by atoms with Crippen LogP contribution in [0.25, 0.3) is 21.9 Å². The van der Waals surface area contributed by atoms with Crippen LogP contribution in [0.1, 0.15) is 95.2 Å². The van der Waals surface area contributed by atoms with Crippen LogP contribution >= 0.6 is 0 Å². The van der Waals surface area contributed by atoms with Crippen LogP contribution in [-0.2, 0) is 10.2 Å². The Hall–Kier alpha value is -2.52. The van der Waals surface area contributed by atoms with E-state index in [-0.39, 0.29) is 16.2 Å². The van der Waals surface area contributed by atoms with E-state index in [9.17, 15) is 5.11 Å². The molecule has 1 heterocycles. The number of morpholine rings is 1. The van der Waals surface area contributed by atoms with Crippen LogP contribution in [0.15, 0.2) is 42.5 Å². The summed E-state index contributed by atoms with van der Waals surface area (Å²) in [4.78, 5) is 2.61. The normalized spacial score (nSPS) is 33.2. The lowest BCUT2D eigenvalue weighted by Gasteiger charge is -2.51. The van der Waals surface area contributed by atoms with Gasteiger partial charge in [0.15, 0.2) is 0 Å². The number of phenolic OH excluding ortho intramolecular Hbond substituents is 1. The van der Waals surface area contributed by atoms with Gasteiger partial charge in [-0.3, -0.25) is 0 Å². The predicted octanol–water partition coefficient (Wildman–Crippen LogP) is 8.79. The number of phenols is 1. The van der Waals surface area contributed by atoms with Gasteiger partial charge in [0.05, 0.1) is 13.2 Å². The molecule has 4 saturated carbocycles. The molecule has 1 saturated heterocycles. The third kappa shape index (κ3) is 3.25. The van der Waals surface area contributed by atoms with Crippen LogP contribution in [-0.4, -0.2) is 31.4 Å². The quantitative estimate of drug-likeness (QED) is 0.348. The first-order valence-electron chi connectivity index (χ1n) is 16.4. The number of ether oxygens (including phenoxy) is 1. The molecule has 3 nitrogen and oxygen atoms in total. The SMILES string of the molecule is CC1(C)CC(C)(C)CC2(C1)c1ccccc1-c1c2cc(O)c2cc(C3CC4CCC5CC453)c(N3CCOCC3)cc12. The zero-order valence-corrected chi connectivity index (χ0v) is 25.4. The Kier molecular flexibility index (Phi) is 4.82. The van der Waals surface area contributed by atoms with E-state index in [1.54, 1.807) is 0 Å². The first-order chi connectivity index (χ1) is 19.6. The van der Waals surface area contributed by atoms with Crippen LogP contribution in [0.2, 0.25) is 0 Å². The number of nitrogens with zero attached hydrogens (tertiary/aromatic N) is 1. The summed E-state index contributed by atoms with van der Waals surface area (Å²) in [5.41, 5.74) is 9.52. The monoisotopic (exact) mass is 547 g/mol. The largest absolute Gasteiger partial charge is 0.507 e. The number of anilines is 1. The van der Waals surface area contributed by atoms with E-state index in [0.29, 0.717) is 17.1 Å². The van der Waals surface area contributed by atoms with Crippen LogP contribution in [0.3, 0.4) is 0 Å². The van der Waals surface area contributed by atoms with E-state index in [1.807, 2.05) is 0 Å². The van der Waals surface area contributed by atoms with E-state index in [4.69, 9.17) is 4.74 Å². The smallest absolute Gasteiger partial charge is 0.123 e. The molecule has 1 N–H and O–H groups in total.